The minimum atomic E-state index is -0.932. The van der Waals surface area contributed by atoms with Crippen molar-refractivity contribution < 1.29 is 9.13 Å². The summed E-state index contributed by atoms with van der Waals surface area (Å²) in [6.07, 6.45) is 0. The Balaban J connectivity index is 3.02. The van der Waals surface area contributed by atoms with Gasteiger partial charge < -0.3 is 10.2 Å². The summed E-state index contributed by atoms with van der Waals surface area (Å²) in [5.41, 5.74) is 2.80. The van der Waals surface area contributed by atoms with Crippen molar-refractivity contribution in [2.75, 3.05) is 12.3 Å². The van der Waals surface area contributed by atoms with E-state index in [1.165, 1.54) is 0 Å². The fourth-order valence-electron chi connectivity index (χ4n) is 0.824. The topological polar surface area (TPSA) is 47.3 Å². The van der Waals surface area contributed by atoms with Gasteiger partial charge in [-0.05, 0) is 12.1 Å². The van der Waals surface area contributed by atoms with Crippen LogP contribution in [0.25, 0.3) is 0 Å². The summed E-state index contributed by atoms with van der Waals surface area (Å²) < 4.78 is 16.4. The zero-order valence-corrected chi connectivity index (χ0v) is 6.94. The molecule has 0 unspecified atom stereocenters. The Morgan fingerprint density at radius 2 is 2.33 bits per heavy atom. The average molecular weight is 191 g/mol. The van der Waals surface area contributed by atoms with Crippen LogP contribution in [0.1, 0.15) is 0 Å². The second-order valence-electron chi connectivity index (χ2n) is 2.01. The second kappa shape index (κ2) is 4.13. The fraction of sp³-hybridized carbons (Fsp3) is 0.143. The molecule has 0 aliphatic heterocycles. The molecule has 0 aromatic heterocycles. The van der Waals surface area contributed by atoms with Crippen molar-refractivity contribution in [3.63, 3.8) is 0 Å². The van der Waals surface area contributed by atoms with E-state index in [1.54, 1.807) is 18.2 Å². The van der Waals surface area contributed by atoms with Gasteiger partial charge in [0.05, 0.1) is 10.7 Å². The number of alkyl halides is 1. The third-order valence-corrected chi connectivity index (χ3v) is 1.62. The fourth-order valence-corrected chi connectivity index (χ4v) is 1.05. The van der Waals surface area contributed by atoms with E-state index >= 15 is 0 Å². The van der Waals surface area contributed by atoms with Crippen molar-refractivity contribution in [2.45, 2.75) is 0 Å². The quantitative estimate of drug-likeness (QED) is 0.566. The number of ether oxygens (including phenoxy) is 1. The van der Waals surface area contributed by atoms with Gasteiger partial charge in [0.1, 0.15) is 0 Å². The molecule has 66 valence electrons. The SMILES string of the molecule is NNc1cccc(Cl)c1OCF. The maximum absolute atomic E-state index is 11.8. The lowest BCUT2D eigenvalue weighted by atomic mass is 10.3. The Kier molecular flexibility index (Phi) is 3.13. The van der Waals surface area contributed by atoms with Crippen LogP contribution in [-0.4, -0.2) is 6.86 Å². The van der Waals surface area contributed by atoms with Crippen LogP contribution >= 0.6 is 11.6 Å². The number of hydrazine groups is 1. The lowest BCUT2D eigenvalue weighted by molar-refractivity contribution is 0.193. The second-order valence-corrected chi connectivity index (χ2v) is 2.42. The van der Waals surface area contributed by atoms with Crippen molar-refractivity contribution >= 4 is 17.3 Å². The average Bonchev–Trinajstić information content (AvgIpc) is 2.09. The van der Waals surface area contributed by atoms with Gasteiger partial charge in [-0.25, -0.2) is 4.39 Å². The molecule has 0 heterocycles. The number of hydrogen-bond acceptors (Lipinski definition) is 3. The Morgan fingerprint density at radius 1 is 1.58 bits per heavy atom. The monoisotopic (exact) mass is 190 g/mol. The molecule has 0 radical (unpaired) electrons. The van der Waals surface area contributed by atoms with Gasteiger partial charge in [0.25, 0.3) is 0 Å². The van der Waals surface area contributed by atoms with Gasteiger partial charge in [-0.2, -0.15) is 0 Å². The first-order chi connectivity index (χ1) is 5.79. The molecular weight excluding hydrogens is 183 g/mol. The van der Waals surface area contributed by atoms with E-state index in [2.05, 4.69) is 10.2 Å². The van der Waals surface area contributed by atoms with E-state index in [0.717, 1.165) is 0 Å². The minimum Gasteiger partial charge on any atom is -0.459 e. The Bertz CT molecular complexity index is 270. The maximum atomic E-state index is 11.8. The number of benzene rings is 1. The van der Waals surface area contributed by atoms with Gasteiger partial charge in [-0.3, -0.25) is 5.84 Å². The van der Waals surface area contributed by atoms with E-state index in [4.69, 9.17) is 17.4 Å². The predicted molar refractivity (Wildman–Crippen MR) is 45.9 cm³/mol. The highest BCUT2D eigenvalue weighted by Crippen LogP contribution is 2.31. The van der Waals surface area contributed by atoms with Crippen molar-refractivity contribution in [1.29, 1.82) is 0 Å². The number of nitrogens with one attached hydrogen (secondary N) is 1. The van der Waals surface area contributed by atoms with Gasteiger partial charge in [-0.15, -0.1) is 0 Å². The molecule has 3 N–H and O–H groups in total. The zero-order valence-electron chi connectivity index (χ0n) is 6.18. The number of nitrogens with two attached hydrogens (primary N) is 1. The summed E-state index contributed by atoms with van der Waals surface area (Å²) in [7, 11) is 0. The molecule has 0 spiro atoms. The highest BCUT2D eigenvalue weighted by Gasteiger charge is 2.06. The molecule has 3 nitrogen and oxygen atoms in total. The predicted octanol–water partition coefficient (Wildman–Crippen LogP) is 1.93. The third kappa shape index (κ3) is 1.78. The molecule has 0 bridgehead atoms. The van der Waals surface area contributed by atoms with Gasteiger partial charge in [-0.1, -0.05) is 17.7 Å². The lowest BCUT2D eigenvalue weighted by Crippen LogP contribution is -2.08. The summed E-state index contributed by atoms with van der Waals surface area (Å²) in [6, 6.07) is 4.91. The molecule has 0 aliphatic carbocycles. The van der Waals surface area contributed by atoms with Crippen LogP contribution in [0.4, 0.5) is 10.1 Å². The Hall–Kier alpha value is -1.00. The van der Waals surface area contributed by atoms with Gasteiger partial charge in [0.2, 0.25) is 6.86 Å². The van der Waals surface area contributed by atoms with Crippen molar-refractivity contribution in [1.82, 2.24) is 0 Å². The first-order valence-electron chi connectivity index (χ1n) is 3.23. The van der Waals surface area contributed by atoms with Crippen LogP contribution in [0, 0.1) is 0 Å². The van der Waals surface area contributed by atoms with E-state index in [9.17, 15) is 4.39 Å². The molecule has 0 aliphatic rings. The smallest absolute Gasteiger partial charge is 0.228 e. The molecule has 0 fully saturated rings. The van der Waals surface area contributed by atoms with Crippen LogP contribution in [0.5, 0.6) is 5.75 Å². The standard InChI is InChI=1S/C7H8ClFN2O/c8-5-2-1-3-6(11-10)7(5)12-4-9/h1-3,11H,4,10H2. The normalized spacial score (nSPS) is 9.58. The molecule has 0 saturated heterocycles. The summed E-state index contributed by atoms with van der Waals surface area (Å²) in [6.45, 7) is -0.932. The highest BCUT2D eigenvalue weighted by atomic mass is 35.5. The number of anilines is 1. The Morgan fingerprint density at radius 3 is 2.92 bits per heavy atom. The van der Waals surface area contributed by atoms with Crippen LogP contribution in [0.3, 0.4) is 0 Å². The molecule has 1 aromatic carbocycles. The lowest BCUT2D eigenvalue weighted by Gasteiger charge is -2.08. The number of halogens is 2. The first kappa shape index (κ1) is 9.09. The molecule has 1 aromatic rings. The van der Waals surface area contributed by atoms with Crippen molar-refractivity contribution in [3.05, 3.63) is 23.2 Å². The molecule has 0 atom stereocenters. The van der Waals surface area contributed by atoms with E-state index in [0.29, 0.717) is 10.7 Å². The summed E-state index contributed by atoms with van der Waals surface area (Å²) >= 11 is 5.70. The van der Waals surface area contributed by atoms with Crippen LogP contribution in [-0.2, 0) is 0 Å². The largest absolute Gasteiger partial charge is 0.459 e. The molecule has 0 saturated carbocycles. The number of rotatable bonds is 3. The molecule has 1 rings (SSSR count). The summed E-state index contributed by atoms with van der Waals surface area (Å²) in [5, 5.41) is 0.322. The van der Waals surface area contributed by atoms with E-state index in [-0.39, 0.29) is 5.75 Å². The van der Waals surface area contributed by atoms with E-state index in [1.807, 2.05) is 0 Å². The van der Waals surface area contributed by atoms with E-state index < -0.39 is 6.86 Å². The third-order valence-electron chi connectivity index (χ3n) is 1.32. The molecular formula is C7H8ClFN2O. The highest BCUT2D eigenvalue weighted by molar-refractivity contribution is 6.32. The van der Waals surface area contributed by atoms with Crippen LogP contribution in [0.2, 0.25) is 5.02 Å². The number of nitrogen functional groups attached to an aromatic ring is 1. The van der Waals surface area contributed by atoms with Gasteiger partial charge in [0, 0.05) is 0 Å². The van der Waals surface area contributed by atoms with Gasteiger partial charge >= 0.3 is 0 Å². The van der Waals surface area contributed by atoms with Gasteiger partial charge in [0.15, 0.2) is 5.75 Å². The minimum absolute atomic E-state index is 0.226. The number of hydrogen-bond donors (Lipinski definition) is 2. The van der Waals surface area contributed by atoms with Crippen molar-refractivity contribution in [3.8, 4) is 5.75 Å². The van der Waals surface area contributed by atoms with Crippen molar-refractivity contribution in [2.24, 2.45) is 5.84 Å². The molecule has 0 amide bonds. The summed E-state index contributed by atoms with van der Waals surface area (Å²) in [4.78, 5) is 0. The Labute approximate surface area is 74.2 Å². The molecule has 5 heteroatoms. The first-order valence-corrected chi connectivity index (χ1v) is 3.61. The van der Waals surface area contributed by atoms with Crippen LogP contribution in [0.15, 0.2) is 18.2 Å². The molecule has 12 heavy (non-hydrogen) atoms. The maximum Gasteiger partial charge on any atom is 0.228 e. The summed E-state index contributed by atoms with van der Waals surface area (Å²) in [5.74, 6) is 5.36. The zero-order chi connectivity index (χ0) is 8.97. The number of para-hydroxylation sites is 1. The van der Waals surface area contributed by atoms with Crippen LogP contribution < -0.4 is 16.0 Å².